The van der Waals surface area contributed by atoms with Crippen LogP contribution in [-0.4, -0.2) is 24.5 Å². The first-order valence-corrected chi connectivity index (χ1v) is 8.06. The van der Waals surface area contributed by atoms with E-state index in [1.54, 1.807) is 24.5 Å². The summed E-state index contributed by atoms with van der Waals surface area (Å²) >= 11 is 1.63. The van der Waals surface area contributed by atoms with Gasteiger partial charge in [0.05, 0.1) is 17.7 Å². The monoisotopic (exact) mass is 448 g/mol. The van der Waals surface area contributed by atoms with Crippen molar-refractivity contribution in [2.45, 2.75) is 26.8 Å². The van der Waals surface area contributed by atoms with Gasteiger partial charge in [-0.25, -0.2) is 9.37 Å². The van der Waals surface area contributed by atoms with Crippen molar-refractivity contribution in [1.82, 2.24) is 15.6 Å². The van der Waals surface area contributed by atoms with Crippen LogP contribution in [0.4, 0.5) is 4.39 Å². The van der Waals surface area contributed by atoms with E-state index in [0.717, 1.165) is 35.7 Å². The van der Waals surface area contributed by atoms with Gasteiger partial charge in [0, 0.05) is 18.5 Å². The molecule has 1 aromatic heterocycles. The highest BCUT2D eigenvalue weighted by molar-refractivity contribution is 14.0. The maximum atomic E-state index is 13.1. The van der Waals surface area contributed by atoms with E-state index >= 15 is 0 Å². The summed E-state index contributed by atoms with van der Waals surface area (Å²) < 4.78 is 13.1. The lowest BCUT2D eigenvalue weighted by Gasteiger charge is -2.12. The highest BCUT2D eigenvalue weighted by Crippen LogP contribution is 2.11. The van der Waals surface area contributed by atoms with Gasteiger partial charge in [0.25, 0.3) is 0 Å². The fourth-order valence-electron chi connectivity index (χ4n) is 2.14. The number of nitrogens with one attached hydrogen (secondary N) is 2. The molecule has 0 saturated carbocycles. The van der Waals surface area contributed by atoms with Crippen molar-refractivity contribution in [2.75, 3.05) is 13.6 Å². The Labute approximate surface area is 157 Å². The minimum Gasteiger partial charge on any atom is -0.356 e. The Hall–Kier alpha value is -1.22. The van der Waals surface area contributed by atoms with Crippen molar-refractivity contribution >= 4 is 41.3 Å². The predicted molar refractivity (Wildman–Crippen MR) is 105 cm³/mol. The smallest absolute Gasteiger partial charge is 0.191 e. The van der Waals surface area contributed by atoms with Gasteiger partial charge >= 0.3 is 0 Å². The SMILES string of the molecule is CN=C(NCCc1ccc(F)cc1C)NCc1scnc1C.I. The fourth-order valence-corrected chi connectivity index (χ4v) is 2.85. The Bertz CT molecular complexity index is 657. The van der Waals surface area contributed by atoms with Crippen LogP contribution in [0.5, 0.6) is 0 Å². The van der Waals surface area contributed by atoms with Gasteiger partial charge in [-0.15, -0.1) is 35.3 Å². The van der Waals surface area contributed by atoms with Gasteiger partial charge in [0.2, 0.25) is 0 Å². The minimum atomic E-state index is -0.188. The van der Waals surface area contributed by atoms with Gasteiger partial charge in [-0.05, 0) is 43.5 Å². The number of nitrogens with zero attached hydrogens (tertiary/aromatic N) is 2. The summed E-state index contributed by atoms with van der Waals surface area (Å²) in [5.74, 6) is 0.569. The number of aromatic nitrogens is 1. The molecule has 1 heterocycles. The Kier molecular flexibility index (Phi) is 8.46. The number of guanidine groups is 1. The van der Waals surface area contributed by atoms with Gasteiger partial charge in [-0.2, -0.15) is 0 Å². The quantitative estimate of drug-likeness (QED) is 0.419. The number of benzene rings is 1. The number of rotatable bonds is 5. The largest absolute Gasteiger partial charge is 0.356 e. The van der Waals surface area contributed by atoms with E-state index < -0.39 is 0 Å². The van der Waals surface area contributed by atoms with Crippen molar-refractivity contribution in [2.24, 2.45) is 4.99 Å². The molecule has 0 unspecified atom stereocenters. The topological polar surface area (TPSA) is 49.3 Å². The number of aliphatic imine (C=N–C) groups is 1. The fraction of sp³-hybridized carbons (Fsp3) is 0.375. The number of hydrogen-bond donors (Lipinski definition) is 2. The minimum absolute atomic E-state index is 0. The first kappa shape index (κ1) is 19.8. The van der Waals surface area contributed by atoms with E-state index in [0.29, 0.717) is 6.54 Å². The molecule has 0 bridgehead atoms. The summed E-state index contributed by atoms with van der Waals surface area (Å²) in [7, 11) is 1.75. The van der Waals surface area contributed by atoms with E-state index in [9.17, 15) is 4.39 Å². The summed E-state index contributed by atoms with van der Waals surface area (Å²) in [6.45, 7) is 5.39. The first-order valence-electron chi connectivity index (χ1n) is 7.18. The Morgan fingerprint density at radius 1 is 1.30 bits per heavy atom. The third-order valence-electron chi connectivity index (χ3n) is 3.48. The van der Waals surface area contributed by atoms with Crippen LogP contribution in [0.3, 0.4) is 0 Å². The molecule has 0 aliphatic rings. The van der Waals surface area contributed by atoms with E-state index in [1.807, 2.05) is 25.4 Å². The van der Waals surface area contributed by atoms with E-state index in [2.05, 4.69) is 20.6 Å². The van der Waals surface area contributed by atoms with Crippen LogP contribution in [0.15, 0.2) is 28.7 Å². The zero-order valence-corrected chi connectivity index (χ0v) is 16.7. The number of halogens is 2. The average Bonchev–Trinajstić information content (AvgIpc) is 2.90. The summed E-state index contributed by atoms with van der Waals surface area (Å²) in [6, 6.07) is 4.90. The highest BCUT2D eigenvalue weighted by atomic mass is 127. The third-order valence-corrected chi connectivity index (χ3v) is 4.41. The predicted octanol–water partition coefficient (Wildman–Crippen LogP) is 3.42. The lowest BCUT2D eigenvalue weighted by atomic mass is 10.1. The normalized spacial score (nSPS) is 11.0. The molecule has 4 nitrogen and oxygen atoms in total. The molecule has 7 heteroatoms. The molecular formula is C16H22FIN4S. The molecule has 126 valence electrons. The molecule has 0 amide bonds. The molecule has 0 aliphatic heterocycles. The Balaban J connectivity index is 0.00000264. The standard InChI is InChI=1S/C16H21FN4S.HI/c1-11-8-14(17)5-4-13(11)6-7-19-16(18-3)20-9-15-12(2)21-10-22-15;/h4-5,8,10H,6-7,9H2,1-3H3,(H2,18,19,20);1H. The molecule has 2 N–H and O–H groups in total. The molecule has 2 aromatic rings. The second kappa shape index (κ2) is 9.82. The molecule has 0 saturated heterocycles. The zero-order chi connectivity index (χ0) is 15.9. The van der Waals surface area contributed by atoms with Crippen molar-refractivity contribution in [3.8, 4) is 0 Å². The summed E-state index contributed by atoms with van der Waals surface area (Å²) in [4.78, 5) is 9.64. The molecule has 0 fully saturated rings. The van der Waals surface area contributed by atoms with Gasteiger partial charge < -0.3 is 10.6 Å². The lowest BCUT2D eigenvalue weighted by molar-refractivity contribution is 0.625. The van der Waals surface area contributed by atoms with Crippen molar-refractivity contribution in [3.63, 3.8) is 0 Å². The highest BCUT2D eigenvalue weighted by Gasteiger charge is 2.04. The maximum absolute atomic E-state index is 13.1. The second-order valence-corrected chi connectivity index (χ2v) is 5.97. The number of hydrogen-bond acceptors (Lipinski definition) is 3. The second-order valence-electron chi connectivity index (χ2n) is 5.03. The Morgan fingerprint density at radius 2 is 2.09 bits per heavy atom. The number of thiazole rings is 1. The first-order chi connectivity index (χ1) is 10.6. The van der Waals surface area contributed by atoms with Gasteiger partial charge in [0.1, 0.15) is 5.82 Å². The zero-order valence-electron chi connectivity index (χ0n) is 13.5. The van der Waals surface area contributed by atoms with E-state index in [-0.39, 0.29) is 29.8 Å². The van der Waals surface area contributed by atoms with Gasteiger partial charge in [-0.1, -0.05) is 6.07 Å². The van der Waals surface area contributed by atoms with Crippen LogP contribution in [0.25, 0.3) is 0 Å². The molecule has 0 spiro atoms. The van der Waals surface area contributed by atoms with Crippen LogP contribution in [0, 0.1) is 19.7 Å². The van der Waals surface area contributed by atoms with E-state index in [4.69, 9.17) is 0 Å². The van der Waals surface area contributed by atoms with Crippen LogP contribution in [-0.2, 0) is 13.0 Å². The third kappa shape index (κ3) is 6.06. The van der Waals surface area contributed by atoms with Crippen LogP contribution < -0.4 is 10.6 Å². The molecule has 0 atom stereocenters. The summed E-state index contributed by atoms with van der Waals surface area (Å²) in [6.07, 6.45) is 0.826. The van der Waals surface area contributed by atoms with Gasteiger partial charge in [-0.3, -0.25) is 4.99 Å². The van der Waals surface area contributed by atoms with Crippen molar-refractivity contribution in [3.05, 3.63) is 51.2 Å². The van der Waals surface area contributed by atoms with Crippen LogP contribution in [0.2, 0.25) is 0 Å². The molecular weight excluding hydrogens is 426 g/mol. The molecule has 1 aromatic carbocycles. The summed E-state index contributed by atoms with van der Waals surface area (Å²) in [5.41, 5.74) is 5.02. The molecule has 0 aliphatic carbocycles. The molecule has 23 heavy (non-hydrogen) atoms. The van der Waals surface area contributed by atoms with Crippen LogP contribution >= 0.6 is 35.3 Å². The van der Waals surface area contributed by atoms with E-state index in [1.165, 1.54) is 10.9 Å². The summed E-state index contributed by atoms with van der Waals surface area (Å²) in [5, 5.41) is 6.54. The lowest BCUT2D eigenvalue weighted by Crippen LogP contribution is -2.37. The van der Waals surface area contributed by atoms with Crippen molar-refractivity contribution < 1.29 is 4.39 Å². The molecule has 2 rings (SSSR count). The molecule has 0 radical (unpaired) electrons. The average molecular weight is 448 g/mol. The maximum Gasteiger partial charge on any atom is 0.191 e. The van der Waals surface area contributed by atoms with Crippen molar-refractivity contribution in [1.29, 1.82) is 0 Å². The Morgan fingerprint density at radius 3 is 2.70 bits per heavy atom. The number of aryl methyl sites for hydroxylation is 2. The van der Waals surface area contributed by atoms with Crippen LogP contribution in [0.1, 0.15) is 21.7 Å². The van der Waals surface area contributed by atoms with Gasteiger partial charge in [0.15, 0.2) is 5.96 Å².